The van der Waals surface area contributed by atoms with Gasteiger partial charge < -0.3 is 25.4 Å². The number of hydrogen-bond donors (Lipinski definition) is 4. The van der Waals surface area contributed by atoms with E-state index in [-0.39, 0.29) is 4.90 Å². The zero-order chi connectivity index (χ0) is 18.8. The van der Waals surface area contributed by atoms with Crippen molar-refractivity contribution in [3.63, 3.8) is 0 Å². The lowest BCUT2D eigenvalue weighted by Gasteiger charge is -2.40. The molecule has 10 heteroatoms. The van der Waals surface area contributed by atoms with Crippen LogP contribution in [0.15, 0.2) is 29.2 Å². The number of aliphatic hydroxyl groups excluding tert-OH is 3. The standard InChI is InChI=1S/C15H21NO8S/c1-8-3-5-10(6-4-8)25(21,22)23-7-11-13(18)14(19)12(15(20)24-11)16-9(2)17/h3-6,11-15,18-20H,7H2,1-2H3,(H,16,17)/t11-,12-,13-,14-,15-/m1/s1. The summed E-state index contributed by atoms with van der Waals surface area (Å²) in [5.74, 6) is -0.532. The van der Waals surface area contributed by atoms with Crippen LogP contribution in [-0.4, -0.2) is 66.9 Å². The fourth-order valence-corrected chi connectivity index (χ4v) is 3.32. The van der Waals surface area contributed by atoms with Crippen molar-refractivity contribution in [1.82, 2.24) is 5.32 Å². The summed E-state index contributed by atoms with van der Waals surface area (Å²) in [5, 5.41) is 32.1. The van der Waals surface area contributed by atoms with Crippen molar-refractivity contribution in [2.75, 3.05) is 6.61 Å². The SMILES string of the molecule is CC(=O)N[C@@H]1[C@@H](O)[C@H](O)[C@@H](COS(=O)(=O)c2ccc(C)cc2)O[C@H]1O. The van der Waals surface area contributed by atoms with Crippen LogP contribution in [0.25, 0.3) is 0 Å². The molecule has 1 aromatic rings. The van der Waals surface area contributed by atoms with Crippen LogP contribution in [0.3, 0.4) is 0 Å². The van der Waals surface area contributed by atoms with Gasteiger partial charge in [-0.25, -0.2) is 0 Å². The van der Waals surface area contributed by atoms with Crippen LogP contribution in [0.2, 0.25) is 0 Å². The van der Waals surface area contributed by atoms with E-state index in [0.717, 1.165) is 5.56 Å². The van der Waals surface area contributed by atoms with Gasteiger partial charge in [-0.1, -0.05) is 17.7 Å². The Bertz CT molecular complexity index is 705. The molecule has 1 saturated heterocycles. The molecule has 1 aliphatic rings. The molecule has 1 amide bonds. The van der Waals surface area contributed by atoms with Crippen molar-refractivity contribution < 1.29 is 37.5 Å². The van der Waals surface area contributed by atoms with Gasteiger partial charge in [0.15, 0.2) is 6.29 Å². The second-order valence-electron chi connectivity index (χ2n) is 5.82. The maximum Gasteiger partial charge on any atom is 0.297 e. The largest absolute Gasteiger partial charge is 0.388 e. The van der Waals surface area contributed by atoms with E-state index in [4.69, 9.17) is 8.92 Å². The third-order valence-corrected chi connectivity index (χ3v) is 5.08. The molecule has 5 atom stereocenters. The van der Waals surface area contributed by atoms with Crippen molar-refractivity contribution in [3.8, 4) is 0 Å². The molecule has 140 valence electrons. The number of hydrogen-bond acceptors (Lipinski definition) is 8. The number of benzene rings is 1. The van der Waals surface area contributed by atoms with Gasteiger partial charge in [0.2, 0.25) is 5.91 Å². The minimum atomic E-state index is -4.09. The predicted molar refractivity (Wildman–Crippen MR) is 84.8 cm³/mol. The van der Waals surface area contributed by atoms with Gasteiger partial charge in [0.1, 0.15) is 24.4 Å². The Morgan fingerprint density at radius 3 is 2.36 bits per heavy atom. The van der Waals surface area contributed by atoms with Crippen molar-refractivity contribution in [3.05, 3.63) is 29.8 Å². The Kier molecular flexibility index (Phi) is 6.14. The molecule has 1 heterocycles. The molecular weight excluding hydrogens is 354 g/mol. The quantitative estimate of drug-likeness (QED) is 0.463. The number of carbonyl (C=O) groups is 1. The highest BCUT2D eigenvalue weighted by atomic mass is 32.2. The molecule has 1 fully saturated rings. The Hall–Kier alpha value is -1.56. The first-order chi connectivity index (χ1) is 11.6. The highest BCUT2D eigenvalue weighted by Crippen LogP contribution is 2.22. The zero-order valence-corrected chi connectivity index (χ0v) is 14.5. The third-order valence-electron chi connectivity index (χ3n) is 3.79. The Morgan fingerprint density at radius 1 is 1.20 bits per heavy atom. The molecule has 0 radical (unpaired) electrons. The van der Waals surface area contributed by atoms with E-state index in [0.29, 0.717) is 0 Å². The third kappa shape index (κ3) is 4.75. The monoisotopic (exact) mass is 375 g/mol. The summed E-state index contributed by atoms with van der Waals surface area (Å²) in [7, 11) is -4.09. The number of rotatable bonds is 5. The summed E-state index contributed by atoms with van der Waals surface area (Å²) < 4.78 is 34.2. The topological polar surface area (TPSA) is 142 Å². The van der Waals surface area contributed by atoms with E-state index in [1.807, 2.05) is 0 Å². The number of aryl methyl sites for hydroxylation is 1. The number of nitrogens with one attached hydrogen (secondary N) is 1. The van der Waals surface area contributed by atoms with Crippen molar-refractivity contribution in [1.29, 1.82) is 0 Å². The van der Waals surface area contributed by atoms with E-state index in [1.165, 1.54) is 19.1 Å². The van der Waals surface area contributed by atoms with Gasteiger partial charge in [0.25, 0.3) is 10.1 Å². The fourth-order valence-electron chi connectivity index (χ4n) is 2.40. The van der Waals surface area contributed by atoms with Gasteiger partial charge >= 0.3 is 0 Å². The molecule has 0 aliphatic carbocycles. The van der Waals surface area contributed by atoms with Crippen LogP contribution in [0, 0.1) is 6.92 Å². The first kappa shape index (κ1) is 19.8. The van der Waals surface area contributed by atoms with Gasteiger partial charge in [0.05, 0.1) is 11.5 Å². The number of amides is 1. The summed E-state index contributed by atoms with van der Waals surface area (Å²) in [6.45, 7) is 2.37. The highest BCUT2D eigenvalue weighted by molar-refractivity contribution is 7.86. The summed E-state index contributed by atoms with van der Waals surface area (Å²) in [4.78, 5) is 11.0. The van der Waals surface area contributed by atoms with Crippen LogP contribution in [0.4, 0.5) is 0 Å². The second kappa shape index (κ2) is 7.77. The lowest BCUT2D eigenvalue weighted by atomic mass is 9.97. The van der Waals surface area contributed by atoms with Crippen LogP contribution in [0.1, 0.15) is 12.5 Å². The molecule has 0 aromatic heterocycles. The Morgan fingerprint density at radius 2 is 1.80 bits per heavy atom. The minimum absolute atomic E-state index is 0.0689. The van der Waals surface area contributed by atoms with Gasteiger partial charge in [-0.15, -0.1) is 0 Å². The zero-order valence-electron chi connectivity index (χ0n) is 13.7. The minimum Gasteiger partial charge on any atom is -0.388 e. The van der Waals surface area contributed by atoms with Crippen LogP contribution in [-0.2, 0) is 23.8 Å². The Balaban J connectivity index is 2.03. The van der Waals surface area contributed by atoms with Gasteiger partial charge in [-0.3, -0.25) is 8.98 Å². The average molecular weight is 375 g/mol. The number of ether oxygens (including phenoxy) is 1. The smallest absolute Gasteiger partial charge is 0.297 e. The molecule has 0 spiro atoms. The molecule has 0 bridgehead atoms. The van der Waals surface area contributed by atoms with E-state index in [9.17, 15) is 28.5 Å². The average Bonchev–Trinajstić information content (AvgIpc) is 2.54. The molecule has 2 rings (SSSR count). The van der Waals surface area contributed by atoms with Crippen LogP contribution >= 0.6 is 0 Å². The molecule has 1 aliphatic heterocycles. The number of carbonyl (C=O) groups excluding carboxylic acids is 1. The lowest BCUT2D eigenvalue weighted by Crippen LogP contribution is -2.64. The molecule has 0 saturated carbocycles. The van der Waals surface area contributed by atoms with Crippen LogP contribution in [0.5, 0.6) is 0 Å². The van der Waals surface area contributed by atoms with E-state index < -0.39 is 53.3 Å². The molecule has 25 heavy (non-hydrogen) atoms. The highest BCUT2D eigenvalue weighted by Gasteiger charge is 2.44. The van der Waals surface area contributed by atoms with E-state index in [1.54, 1.807) is 19.1 Å². The maximum absolute atomic E-state index is 12.1. The molecule has 9 nitrogen and oxygen atoms in total. The molecular formula is C15H21NO8S. The van der Waals surface area contributed by atoms with Gasteiger partial charge in [0, 0.05) is 6.92 Å². The van der Waals surface area contributed by atoms with Crippen LogP contribution < -0.4 is 5.32 Å². The maximum atomic E-state index is 12.1. The first-order valence-corrected chi connectivity index (χ1v) is 8.95. The second-order valence-corrected chi connectivity index (χ2v) is 7.44. The molecule has 4 N–H and O–H groups in total. The van der Waals surface area contributed by atoms with Gasteiger partial charge in [-0.2, -0.15) is 8.42 Å². The first-order valence-electron chi connectivity index (χ1n) is 7.54. The summed E-state index contributed by atoms with van der Waals surface area (Å²) in [6.07, 6.45) is -6.04. The molecule has 0 unspecified atom stereocenters. The number of aliphatic hydroxyl groups is 3. The van der Waals surface area contributed by atoms with Gasteiger partial charge in [-0.05, 0) is 19.1 Å². The summed E-state index contributed by atoms with van der Waals surface area (Å²) in [5.41, 5.74) is 0.875. The summed E-state index contributed by atoms with van der Waals surface area (Å²) in [6, 6.07) is 4.72. The lowest BCUT2D eigenvalue weighted by molar-refractivity contribution is -0.252. The van der Waals surface area contributed by atoms with Crippen molar-refractivity contribution in [2.24, 2.45) is 0 Å². The predicted octanol–water partition coefficient (Wildman–Crippen LogP) is -1.36. The van der Waals surface area contributed by atoms with E-state index in [2.05, 4.69) is 5.32 Å². The normalized spacial score (nSPS) is 30.0. The summed E-state index contributed by atoms with van der Waals surface area (Å²) >= 11 is 0. The fraction of sp³-hybridized carbons (Fsp3) is 0.533. The van der Waals surface area contributed by atoms with E-state index >= 15 is 0 Å². The van der Waals surface area contributed by atoms with Crippen molar-refractivity contribution in [2.45, 2.75) is 49.4 Å². The molecule has 1 aromatic carbocycles. The van der Waals surface area contributed by atoms with Crippen molar-refractivity contribution >= 4 is 16.0 Å². The Labute approximate surface area is 145 Å².